The van der Waals surface area contributed by atoms with Gasteiger partial charge in [0.2, 0.25) is 0 Å². The molecule has 84 valence electrons. The van der Waals surface area contributed by atoms with E-state index in [0.717, 1.165) is 10.9 Å². The Morgan fingerprint density at radius 3 is 2.88 bits per heavy atom. The molecule has 0 fully saturated rings. The van der Waals surface area contributed by atoms with Gasteiger partial charge in [0.05, 0.1) is 6.42 Å². The summed E-state index contributed by atoms with van der Waals surface area (Å²) in [5.41, 5.74) is 7.35. The predicted molar refractivity (Wildman–Crippen MR) is 62.5 cm³/mol. The molecule has 0 spiro atoms. The minimum atomic E-state index is -0.936. The van der Waals surface area contributed by atoms with Gasteiger partial charge in [0.15, 0.2) is 0 Å². The van der Waals surface area contributed by atoms with Crippen molar-refractivity contribution in [1.82, 2.24) is 4.98 Å². The molecule has 1 aromatic heterocycles. The Labute approximate surface area is 97.0 Å². The summed E-state index contributed by atoms with van der Waals surface area (Å²) in [6.45, 7) is 0. The van der Waals surface area contributed by atoms with Crippen molar-refractivity contribution in [2.75, 3.05) is 0 Å². The number of aromatic nitrogens is 1. The number of hydrogen-bond donors (Lipinski definition) is 3. The molecular formula is C11H11ClN2O2. The number of carboxylic acids is 1. The Balaban J connectivity index is 2.50. The van der Waals surface area contributed by atoms with Gasteiger partial charge in [0.1, 0.15) is 5.15 Å². The van der Waals surface area contributed by atoms with Crippen LogP contribution < -0.4 is 5.73 Å². The summed E-state index contributed by atoms with van der Waals surface area (Å²) in [6, 6.07) is 6.89. The molecule has 1 aromatic carbocycles. The molecule has 2 rings (SSSR count). The van der Waals surface area contributed by atoms with Crippen LogP contribution in [0.25, 0.3) is 10.9 Å². The molecular weight excluding hydrogens is 228 g/mol. The predicted octanol–water partition coefficient (Wildman–Crippen LogP) is 2.30. The van der Waals surface area contributed by atoms with Crippen LogP contribution >= 0.6 is 11.6 Å². The molecule has 4 nitrogen and oxygen atoms in total. The van der Waals surface area contributed by atoms with Crippen LogP contribution in [0.5, 0.6) is 0 Å². The minimum absolute atomic E-state index is 0.137. The summed E-state index contributed by atoms with van der Waals surface area (Å²) in [5.74, 6) is -0.936. The van der Waals surface area contributed by atoms with Gasteiger partial charge in [-0.15, -0.1) is 0 Å². The third kappa shape index (κ3) is 1.89. The van der Waals surface area contributed by atoms with Crippen molar-refractivity contribution in [3.05, 3.63) is 35.0 Å². The highest BCUT2D eigenvalue weighted by Crippen LogP contribution is 2.31. The Morgan fingerprint density at radius 1 is 1.50 bits per heavy atom. The molecule has 0 saturated heterocycles. The van der Waals surface area contributed by atoms with Gasteiger partial charge in [-0.3, -0.25) is 4.79 Å². The maximum atomic E-state index is 10.6. The highest BCUT2D eigenvalue weighted by molar-refractivity contribution is 6.31. The number of benzene rings is 1. The molecule has 1 atom stereocenters. The Bertz CT molecular complexity index is 536. The molecule has 0 aliphatic heterocycles. The molecule has 0 saturated carbocycles. The number of H-pyrrole nitrogens is 1. The lowest BCUT2D eigenvalue weighted by Gasteiger charge is -2.08. The third-order valence-electron chi connectivity index (χ3n) is 2.46. The van der Waals surface area contributed by atoms with Crippen molar-refractivity contribution in [2.45, 2.75) is 12.5 Å². The Hall–Kier alpha value is -1.52. The molecule has 2 aromatic rings. The van der Waals surface area contributed by atoms with E-state index in [1.165, 1.54) is 0 Å². The number of carbonyl (C=O) groups is 1. The van der Waals surface area contributed by atoms with Crippen molar-refractivity contribution in [3.8, 4) is 0 Å². The first kappa shape index (κ1) is 11.0. The van der Waals surface area contributed by atoms with Crippen LogP contribution in [-0.4, -0.2) is 16.1 Å². The summed E-state index contributed by atoms with van der Waals surface area (Å²) in [5, 5.41) is 10.0. The van der Waals surface area contributed by atoms with Gasteiger partial charge < -0.3 is 15.8 Å². The second-order valence-electron chi connectivity index (χ2n) is 3.60. The summed E-state index contributed by atoms with van der Waals surface area (Å²) in [7, 11) is 0. The fraction of sp³-hybridized carbons (Fsp3) is 0.182. The number of aliphatic carboxylic acids is 1. The molecule has 0 radical (unpaired) electrons. The zero-order valence-corrected chi connectivity index (χ0v) is 9.16. The molecule has 4 N–H and O–H groups in total. The normalized spacial score (nSPS) is 12.9. The zero-order valence-electron chi connectivity index (χ0n) is 8.40. The Kier molecular flexibility index (Phi) is 2.85. The molecule has 5 heteroatoms. The first-order valence-corrected chi connectivity index (χ1v) is 5.21. The molecule has 1 unspecified atom stereocenters. The van der Waals surface area contributed by atoms with Gasteiger partial charge in [-0.2, -0.15) is 0 Å². The third-order valence-corrected chi connectivity index (χ3v) is 2.76. The highest BCUT2D eigenvalue weighted by atomic mass is 35.5. The van der Waals surface area contributed by atoms with Crippen LogP contribution in [0.1, 0.15) is 18.0 Å². The first-order chi connectivity index (χ1) is 7.59. The van der Waals surface area contributed by atoms with E-state index in [1.807, 2.05) is 24.3 Å². The lowest BCUT2D eigenvalue weighted by Crippen LogP contribution is -2.14. The van der Waals surface area contributed by atoms with Crippen LogP contribution in [-0.2, 0) is 4.79 Å². The largest absolute Gasteiger partial charge is 0.481 e. The first-order valence-electron chi connectivity index (χ1n) is 4.83. The standard InChI is InChI=1S/C11H11ClN2O2/c12-11-10(7(13)5-9(15)16)6-3-1-2-4-8(6)14-11/h1-4,7,14H,5,13H2,(H,15,16). The molecule has 0 aliphatic carbocycles. The lowest BCUT2D eigenvalue weighted by molar-refractivity contribution is -0.137. The van der Waals surface area contributed by atoms with Gasteiger partial charge in [-0.1, -0.05) is 29.8 Å². The average molecular weight is 239 g/mol. The van der Waals surface area contributed by atoms with Crippen molar-refractivity contribution >= 4 is 28.5 Å². The number of nitrogens with two attached hydrogens (primary N) is 1. The van der Waals surface area contributed by atoms with E-state index in [4.69, 9.17) is 22.4 Å². The van der Waals surface area contributed by atoms with E-state index < -0.39 is 12.0 Å². The monoisotopic (exact) mass is 238 g/mol. The molecule has 0 amide bonds. The number of halogens is 1. The lowest BCUT2D eigenvalue weighted by atomic mass is 10.0. The van der Waals surface area contributed by atoms with Gasteiger partial charge in [0, 0.05) is 22.5 Å². The second kappa shape index (κ2) is 4.15. The van der Waals surface area contributed by atoms with Crippen molar-refractivity contribution < 1.29 is 9.90 Å². The highest BCUT2D eigenvalue weighted by Gasteiger charge is 2.18. The molecule has 0 aliphatic rings. The average Bonchev–Trinajstić information content (AvgIpc) is 2.52. The van der Waals surface area contributed by atoms with Crippen molar-refractivity contribution in [2.24, 2.45) is 5.73 Å². The fourth-order valence-electron chi connectivity index (χ4n) is 1.78. The van der Waals surface area contributed by atoms with Gasteiger partial charge in [-0.25, -0.2) is 0 Å². The fourth-order valence-corrected chi connectivity index (χ4v) is 2.13. The zero-order chi connectivity index (χ0) is 11.7. The number of hydrogen-bond acceptors (Lipinski definition) is 2. The van der Waals surface area contributed by atoms with E-state index in [2.05, 4.69) is 4.98 Å². The number of aromatic amines is 1. The van der Waals surface area contributed by atoms with Crippen molar-refractivity contribution in [1.29, 1.82) is 0 Å². The van der Waals surface area contributed by atoms with Gasteiger partial charge in [-0.05, 0) is 6.07 Å². The quantitative estimate of drug-likeness (QED) is 0.768. The number of nitrogens with one attached hydrogen (secondary N) is 1. The summed E-state index contributed by atoms with van der Waals surface area (Å²) < 4.78 is 0. The van der Waals surface area contributed by atoms with Crippen LogP contribution in [0, 0.1) is 0 Å². The van der Waals surface area contributed by atoms with Crippen LogP contribution in [0.4, 0.5) is 0 Å². The molecule has 1 heterocycles. The summed E-state index contributed by atoms with van der Waals surface area (Å²) >= 11 is 6.02. The number of para-hydroxylation sites is 1. The van der Waals surface area contributed by atoms with Crippen molar-refractivity contribution in [3.63, 3.8) is 0 Å². The maximum Gasteiger partial charge on any atom is 0.305 e. The molecule has 16 heavy (non-hydrogen) atoms. The second-order valence-corrected chi connectivity index (χ2v) is 3.98. The summed E-state index contributed by atoms with van der Waals surface area (Å²) in [6.07, 6.45) is -0.137. The van der Waals surface area contributed by atoms with Gasteiger partial charge >= 0.3 is 5.97 Å². The van der Waals surface area contributed by atoms with Crippen LogP contribution in [0.2, 0.25) is 5.15 Å². The number of fused-ring (bicyclic) bond motifs is 1. The number of rotatable bonds is 3. The molecule has 0 bridgehead atoms. The SMILES string of the molecule is NC(CC(=O)O)c1c(Cl)[nH]c2ccccc12. The minimum Gasteiger partial charge on any atom is -0.481 e. The Morgan fingerprint density at radius 2 is 2.19 bits per heavy atom. The summed E-state index contributed by atoms with van der Waals surface area (Å²) in [4.78, 5) is 13.6. The van der Waals surface area contributed by atoms with E-state index in [9.17, 15) is 4.79 Å². The van der Waals surface area contributed by atoms with Gasteiger partial charge in [0.25, 0.3) is 0 Å². The van der Waals surface area contributed by atoms with E-state index in [-0.39, 0.29) is 6.42 Å². The van der Waals surface area contributed by atoms with Crippen LogP contribution in [0.15, 0.2) is 24.3 Å². The van der Waals surface area contributed by atoms with E-state index in [0.29, 0.717) is 10.7 Å². The maximum absolute atomic E-state index is 10.6. The van der Waals surface area contributed by atoms with Crippen LogP contribution in [0.3, 0.4) is 0 Å². The number of carboxylic acid groups (broad SMARTS) is 1. The van der Waals surface area contributed by atoms with E-state index >= 15 is 0 Å². The van der Waals surface area contributed by atoms with E-state index in [1.54, 1.807) is 0 Å². The topological polar surface area (TPSA) is 79.1 Å². The smallest absolute Gasteiger partial charge is 0.305 e.